The lowest BCUT2D eigenvalue weighted by atomic mass is 10.2. The van der Waals surface area contributed by atoms with E-state index in [1.54, 1.807) is 6.07 Å². The zero-order valence-electron chi connectivity index (χ0n) is 10.9. The molecule has 0 bridgehead atoms. The molecule has 114 valence electrons. The Morgan fingerprint density at radius 1 is 1.00 bits per heavy atom. The molecule has 0 saturated carbocycles. The molecule has 1 N–H and O–H groups in total. The van der Waals surface area contributed by atoms with Crippen molar-refractivity contribution in [3.8, 4) is 6.07 Å². The Bertz CT molecular complexity index is 822. The molecule has 2 aromatic rings. The van der Waals surface area contributed by atoms with Crippen molar-refractivity contribution in [2.45, 2.75) is 11.1 Å². The van der Waals surface area contributed by atoms with E-state index in [0.717, 1.165) is 12.1 Å². The number of nitrogens with zero attached hydrogens (tertiary/aromatic N) is 1. The largest absolute Gasteiger partial charge is 0.416 e. The number of hydrogen-bond acceptors (Lipinski definition) is 3. The quantitative estimate of drug-likeness (QED) is 0.940. The van der Waals surface area contributed by atoms with Crippen LogP contribution in [0.4, 0.5) is 18.9 Å². The fraction of sp³-hybridized carbons (Fsp3) is 0.0714. The molecular weight excluding hydrogens is 317 g/mol. The minimum absolute atomic E-state index is 0.0601. The van der Waals surface area contributed by atoms with Crippen LogP contribution in [0.2, 0.25) is 0 Å². The Hall–Kier alpha value is -2.53. The lowest BCUT2D eigenvalue weighted by Gasteiger charge is -2.11. The van der Waals surface area contributed by atoms with E-state index in [1.165, 1.54) is 18.2 Å². The summed E-state index contributed by atoms with van der Waals surface area (Å²) in [5.41, 5.74) is -0.772. The van der Waals surface area contributed by atoms with Gasteiger partial charge in [-0.15, -0.1) is 0 Å². The van der Waals surface area contributed by atoms with Crippen LogP contribution in [0.5, 0.6) is 0 Å². The molecule has 2 aromatic carbocycles. The Morgan fingerprint density at radius 3 is 2.14 bits per heavy atom. The molecule has 4 nitrogen and oxygen atoms in total. The molecule has 8 heteroatoms. The molecule has 0 radical (unpaired) electrons. The second-order valence-corrected chi connectivity index (χ2v) is 5.97. The summed E-state index contributed by atoms with van der Waals surface area (Å²) in [6.07, 6.45) is -4.54. The number of benzene rings is 2. The Balaban J connectivity index is 2.33. The predicted octanol–water partition coefficient (Wildman–Crippen LogP) is 3.38. The van der Waals surface area contributed by atoms with E-state index < -0.39 is 21.8 Å². The highest BCUT2D eigenvalue weighted by molar-refractivity contribution is 7.92. The average Bonchev–Trinajstić information content (AvgIpc) is 2.47. The van der Waals surface area contributed by atoms with E-state index in [2.05, 4.69) is 4.72 Å². The van der Waals surface area contributed by atoms with Gasteiger partial charge in [-0.3, -0.25) is 4.72 Å². The molecule has 0 aliphatic heterocycles. The molecule has 0 aromatic heterocycles. The summed E-state index contributed by atoms with van der Waals surface area (Å²) in [5, 5.41) is 8.90. The van der Waals surface area contributed by atoms with Crippen molar-refractivity contribution in [1.29, 1.82) is 5.26 Å². The molecule has 0 aliphatic carbocycles. The minimum atomic E-state index is -4.54. The van der Waals surface area contributed by atoms with E-state index in [1.807, 2.05) is 6.07 Å². The molecule has 0 aliphatic rings. The normalized spacial score (nSPS) is 11.7. The Morgan fingerprint density at radius 2 is 1.59 bits per heavy atom. The minimum Gasteiger partial charge on any atom is -0.278 e. The zero-order valence-corrected chi connectivity index (χ0v) is 11.7. The molecule has 22 heavy (non-hydrogen) atoms. The van der Waals surface area contributed by atoms with Gasteiger partial charge in [0.1, 0.15) is 6.07 Å². The van der Waals surface area contributed by atoms with Crippen LogP contribution in [0.25, 0.3) is 0 Å². The van der Waals surface area contributed by atoms with Crippen LogP contribution in [-0.4, -0.2) is 8.42 Å². The standard InChI is InChI=1S/C14H9F3N2O2S/c15-14(16,17)11-5-7-12(8-6-11)22(20,21)19-13-4-2-1-3-10(13)9-18/h1-8,19H. The number of alkyl halides is 3. The number of sulfonamides is 1. The number of rotatable bonds is 3. The van der Waals surface area contributed by atoms with Crippen molar-refractivity contribution in [3.63, 3.8) is 0 Å². The fourth-order valence-electron chi connectivity index (χ4n) is 1.70. The van der Waals surface area contributed by atoms with Crippen LogP contribution in [0.15, 0.2) is 53.4 Å². The van der Waals surface area contributed by atoms with Crippen molar-refractivity contribution < 1.29 is 21.6 Å². The van der Waals surface area contributed by atoms with Gasteiger partial charge >= 0.3 is 6.18 Å². The summed E-state index contributed by atoms with van der Waals surface area (Å²) >= 11 is 0. The fourth-order valence-corrected chi connectivity index (χ4v) is 2.78. The van der Waals surface area contributed by atoms with Crippen molar-refractivity contribution in [2.75, 3.05) is 4.72 Å². The molecule has 2 rings (SSSR count). The van der Waals surface area contributed by atoms with Gasteiger partial charge in [0.15, 0.2) is 0 Å². The first-order chi connectivity index (χ1) is 10.2. The van der Waals surface area contributed by atoms with Crippen molar-refractivity contribution in [2.24, 2.45) is 0 Å². The van der Waals surface area contributed by atoms with E-state index in [4.69, 9.17) is 5.26 Å². The van der Waals surface area contributed by atoms with Crippen molar-refractivity contribution in [1.82, 2.24) is 0 Å². The van der Waals surface area contributed by atoms with E-state index in [0.29, 0.717) is 12.1 Å². The second kappa shape index (κ2) is 5.69. The molecular formula is C14H9F3N2O2S. The van der Waals surface area contributed by atoms with Crippen LogP contribution in [0.1, 0.15) is 11.1 Å². The van der Waals surface area contributed by atoms with Gasteiger partial charge in [-0.05, 0) is 36.4 Å². The maximum atomic E-state index is 12.5. The number of nitrogens with one attached hydrogen (secondary N) is 1. The summed E-state index contributed by atoms with van der Waals surface area (Å²) in [4.78, 5) is -0.326. The van der Waals surface area contributed by atoms with Gasteiger partial charge in [-0.25, -0.2) is 8.42 Å². The zero-order chi connectivity index (χ0) is 16.4. The number of para-hydroxylation sites is 1. The third-order valence-electron chi connectivity index (χ3n) is 2.78. The first-order valence-corrected chi connectivity index (χ1v) is 7.41. The average molecular weight is 326 g/mol. The van der Waals surface area contributed by atoms with Gasteiger partial charge < -0.3 is 0 Å². The summed E-state index contributed by atoms with van der Waals surface area (Å²) in [5.74, 6) is 0. The molecule has 0 atom stereocenters. The van der Waals surface area contributed by atoms with E-state index in [-0.39, 0.29) is 16.1 Å². The van der Waals surface area contributed by atoms with Crippen LogP contribution < -0.4 is 4.72 Å². The highest BCUT2D eigenvalue weighted by Gasteiger charge is 2.30. The summed E-state index contributed by atoms with van der Waals surface area (Å²) in [6.45, 7) is 0. The molecule has 0 spiro atoms. The van der Waals surface area contributed by atoms with E-state index >= 15 is 0 Å². The highest BCUT2D eigenvalue weighted by atomic mass is 32.2. The van der Waals surface area contributed by atoms with Gasteiger partial charge in [-0.2, -0.15) is 18.4 Å². The van der Waals surface area contributed by atoms with Crippen LogP contribution in [-0.2, 0) is 16.2 Å². The molecule has 0 amide bonds. The number of anilines is 1. The number of halogens is 3. The third-order valence-corrected chi connectivity index (χ3v) is 4.17. The van der Waals surface area contributed by atoms with Gasteiger partial charge in [0.05, 0.1) is 21.7 Å². The number of hydrogen-bond donors (Lipinski definition) is 1. The highest BCUT2D eigenvalue weighted by Crippen LogP contribution is 2.30. The maximum Gasteiger partial charge on any atom is 0.416 e. The van der Waals surface area contributed by atoms with Gasteiger partial charge in [0.25, 0.3) is 10.0 Å². The molecule has 0 fully saturated rings. The molecule has 0 unspecified atom stereocenters. The van der Waals surface area contributed by atoms with Gasteiger partial charge in [0, 0.05) is 0 Å². The smallest absolute Gasteiger partial charge is 0.278 e. The summed E-state index contributed by atoms with van der Waals surface area (Å²) < 4.78 is 63.8. The Labute approximate surface area is 124 Å². The van der Waals surface area contributed by atoms with Crippen LogP contribution in [0, 0.1) is 11.3 Å². The first-order valence-electron chi connectivity index (χ1n) is 5.93. The lowest BCUT2D eigenvalue weighted by molar-refractivity contribution is -0.137. The molecule has 0 heterocycles. The first kappa shape index (κ1) is 15.9. The topological polar surface area (TPSA) is 70.0 Å². The van der Waals surface area contributed by atoms with Crippen molar-refractivity contribution >= 4 is 15.7 Å². The van der Waals surface area contributed by atoms with Crippen LogP contribution in [0.3, 0.4) is 0 Å². The monoisotopic (exact) mass is 326 g/mol. The summed E-state index contributed by atoms with van der Waals surface area (Å²) in [7, 11) is -4.08. The van der Waals surface area contributed by atoms with E-state index in [9.17, 15) is 21.6 Å². The second-order valence-electron chi connectivity index (χ2n) is 4.29. The number of nitriles is 1. The maximum absolute atomic E-state index is 12.5. The van der Waals surface area contributed by atoms with Crippen LogP contribution >= 0.6 is 0 Å². The lowest BCUT2D eigenvalue weighted by Crippen LogP contribution is -2.14. The predicted molar refractivity (Wildman–Crippen MR) is 73.4 cm³/mol. The Kier molecular flexibility index (Phi) is 4.10. The van der Waals surface area contributed by atoms with Gasteiger partial charge in [0.2, 0.25) is 0 Å². The SMILES string of the molecule is N#Cc1ccccc1NS(=O)(=O)c1ccc(C(F)(F)F)cc1. The van der Waals surface area contributed by atoms with Gasteiger partial charge in [-0.1, -0.05) is 12.1 Å². The third kappa shape index (κ3) is 3.38. The van der Waals surface area contributed by atoms with Crippen molar-refractivity contribution in [3.05, 3.63) is 59.7 Å². The summed E-state index contributed by atoms with van der Waals surface area (Å²) in [6, 6.07) is 10.8. The molecule has 0 saturated heterocycles.